The van der Waals surface area contributed by atoms with Crippen LogP contribution < -0.4 is 5.73 Å². The smallest absolute Gasteiger partial charge is 0.0702 e. The van der Waals surface area contributed by atoms with Crippen LogP contribution in [-0.4, -0.2) is 47.0 Å². The second kappa shape index (κ2) is 6.50. The van der Waals surface area contributed by atoms with Crippen molar-refractivity contribution >= 4 is 0 Å². The van der Waals surface area contributed by atoms with E-state index in [0.29, 0.717) is 6.10 Å². The van der Waals surface area contributed by atoms with Crippen LogP contribution in [0.1, 0.15) is 37.8 Å². The monoisotopic (exact) mass is 266 g/mol. The standard InChI is InChI=1S/C14H26N4O/c1-4-13(15)14(11-8-16-18(3)9-11)17(2)10-12-6-5-7-19-12/h8-9,12-14H,4-7,10,15H2,1-3H3. The van der Waals surface area contributed by atoms with E-state index in [4.69, 9.17) is 10.5 Å². The lowest BCUT2D eigenvalue weighted by Gasteiger charge is -2.33. The third-order valence-electron chi connectivity index (χ3n) is 3.93. The number of likely N-dealkylation sites (N-methyl/N-ethyl adjacent to an activating group) is 1. The van der Waals surface area contributed by atoms with Crippen molar-refractivity contribution < 1.29 is 4.74 Å². The molecule has 0 aliphatic carbocycles. The van der Waals surface area contributed by atoms with Crippen LogP contribution in [0, 0.1) is 0 Å². The number of nitrogens with zero attached hydrogens (tertiary/aromatic N) is 3. The topological polar surface area (TPSA) is 56.3 Å². The zero-order valence-corrected chi connectivity index (χ0v) is 12.2. The average Bonchev–Trinajstić information content (AvgIpc) is 3.01. The first-order chi connectivity index (χ1) is 9.11. The molecule has 3 atom stereocenters. The van der Waals surface area contributed by atoms with E-state index >= 15 is 0 Å². The molecule has 0 aromatic carbocycles. The van der Waals surface area contributed by atoms with Crippen LogP contribution in [0.3, 0.4) is 0 Å². The van der Waals surface area contributed by atoms with Gasteiger partial charge in [0.15, 0.2) is 0 Å². The van der Waals surface area contributed by atoms with Crippen LogP contribution >= 0.6 is 0 Å². The van der Waals surface area contributed by atoms with E-state index in [0.717, 1.165) is 26.0 Å². The van der Waals surface area contributed by atoms with Gasteiger partial charge in [0.05, 0.1) is 18.3 Å². The molecule has 5 nitrogen and oxygen atoms in total. The first-order valence-corrected chi connectivity index (χ1v) is 7.17. The molecule has 1 fully saturated rings. The van der Waals surface area contributed by atoms with E-state index in [2.05, 4.69) is 30.2 Å². The average molecular weight is 266 g/mol. The summed E-state index contributed by atoms with van der Waals surface area (Å²) in [6, 6.07) is 0.332. The quantitative estimate of drug-likeness (QED) is 0.843. The first-order valence-electron chi connectivity index (χ1n) is 7.17. The molecule has 0 radical (unpaired) electrons. The molecule has 1 saturated heterocycles. The van der Waals surface area contributed by atoms with Crippen molar-refractivity contribution in [2.24, 2.45) is 12.8 Å². The highest BCUT2D eigenvalue weighted by Gasteiger charge is 2.27. The van der Waals surface area contributed by atoms with E-state index < -0.39 is 0 Å². The fourth-order valence-corrected chi connectivity index (χ4v) is 2.87. The van der Waals surface area contributed by atoms with E-state index in [1.807, 2.05) is 17.9 Å². The van der Waals surface area contributed by atoms with Crippen molar-refractivity contribution in [2.75, 3.05) is 20.2 Å². The second-order valence-corrected chi connectivity index (χ2v) is 5.54. The Kier molecular flexibility index (Phi) is 4.96. The van der Waals surface area contributed by atoms with Gasteiger partial charge in [-0.1, -0.05) is 6.92 Å². The lowest BCUT2D eigenvalue weighted by molar-refractivity contribution is 0.0628. The number of aromatic nitrogens is 2. The molecule has 1 aromatic rings. The van der Waals surface area contributed by atoms with Gasteiger partial charge >= 0.3 is 0 Å². The van der Waals surface area contributed by atoms with Gasteiger partial charge in [-0.05, 0) is 26.3 Å². The second-order valence-electron chi connectivity index (χ2n) is 5.54. The van der Waals surface area contributed by atoms with Gasteiger partial charge < -0.3 is 10.5 Å². The molecule has 1 aromatic heterocycles. The molecule has 0 saturated carbocycles. The van der Waals surface area contributed by atoms with Crippen LogP contribution in [0.2, 0.25) is 0 Å². The molecule has 0 spiro atoms. The van der Waals surface area contributed by atoms with E-state index in [1.54, 1.807) is 0 Å². The van der Waals surface area contributed by atoms with Gasteiger partial charge in [0.1, 0.15) is 0 Å². The van der Waals surface area contributed by atoms with Crippen LogP contribution in [0.15, 0.2) is 12.4 Å². The van der Waals surface area contributed by atoms with Crippen LogP contribution in [-0.2, 0) is 11.8 Å². The van der Waals surface area contributed by atoms with Crippen molar-refractivity contribution in [3.8, 4) is 0 Å². The summed E-state index contributed by atoms with van der Waals surface area (Å²) in [7, 11) is 4.08. The number of ether oxygens (including phenoxy) is 1. The first kappa shape index (κ1) is 14.5. The Morgan fingerprint density at radius 1 is 1.63 bits per heavy atom. The highest BCUT2D eigenvalue weighted by Crippen LogP contribution is 2.25. The molecule has 0 amide bonds. The van der Waals surface area contributed by atoms with Gasteiger partial charge in [0.2, 0.25) is 0 Å². The molecular formula is C14H26N4O. The lowest BCUT2D eigenvalue weighted by atomic mass is 9.99. The highest BCUT2D eigenvalue weighted by molar-refractivity contribution is 5.13. The molecule has 2 rings (SSSR count). The Bertz CT molecular complexity index is 387. The molecule has 19 heavy (non-hydrogen) atoms. The molecule has 2 N–H and O–H groups in total. The minimum atomic E-state index is 0.121. The molecular weight excluding hydrogens is 240 g/mol. The van der Waals surface area contributed by atoms with Crippen molar-refractivity contribution in [3.05, 3.63) is 18.0 Å². The van der Waals surface area contributed by atoms with Gasteiger partial charge in [-0.25, -0.2) is 0 Å². The predicted octanol–water partition coefficient (Wildman–Crippen LogP) is 1.31. The molecule has 3 unspecified atom stereocenters. The Morgan fingerprint density at radius 3 is 2.95 bits per heavy atom. The number of hydrogen-bond acceptors (Lipinski definition) is 4. The number of nitrogens with two attached hydrogens (primary N) is 1. The van der Waals surface area contributed by atoms with Crippen molar-refractivity contribution in [1.82, 2.24) is 14.7 Å². The number of rotatable bonds is 6. The fourth-order valence-electron chi connectivity index (χ4n) is 2.87. The summed E-state index contributed by atoms with van der Waals surface area (Å²) >= 11 is 0. The van der Waals surface area contributed by atoms with Crippen molar-refractivity contribution in [2.45, 2.75) is 44.4 Å². The van der Waals surface area contributed by atoms with Crippen LogP contribution in [0.5, 0.6) is 0 Å². The Hall–Kier alpha value is -0.910. The Labute approximate surface area is 115 Å². The van der Waals surface area contributed by atoms with Gasteiger partial charge in [-0.2, -0.15) is 5.10 Å². The summed E-state index contributed by atoms with van der Waals surface area (Å²) in [5.74, 6) is 0. The summed E-state index contributed by atoms with van der Waals surface area (Å²) in [6.45, 7) is 3.97. The summed E-state index contributed by atoms with van der Waals surface area (Å²) in [6.07, 6.45) is 7.63. The fraction of sp³-hybridized carbons (Fsp3) is 0.786. The maximum Gasteiger partial charge on any atom is 0.0702 e. The zero-order chi connectivity index (χ0) is 13.8. The summed E-state index contributed by atoms with van der Waals surface area (Å²) in [5.41, 5.74) is 7.51. The molecule has 5 heteroatoms. The van der Waals surface area contributed by atoms with Crippen LogP contribution in [0.4, 0.5) is 0 Å². The third-order valence-corrected chi connectivity index (χ3v) is 3.93. The van der Waals surface area contributed by atoms with E-state index in [9.17, 15) is 0 Å². The largest absolute Gasteiger partial charge is 0.377 e. The summed E-state index contributed by atoms with van der Waals surface area (Å²) < 4.78 is 7.56. The molecule has 108 valence electrons. The lowest BCUT2D eigenvalue weighted by Crippen LogP contribution is -2.41. The normalized spacial score (nSPS) is 22.9. The zero-order valence-electron chi connectivity index (χ0n) is 12.2. The Morgan fingerprint density at radius 2 is 2.42 bits per heavy atom. The van der Waals surface area contributed by atoms with Gasteiger partial charge in [-0.15, -0.1) is 0 Å². The van der Waals surface area contributed by atoms with E-state index in [1.165, 1.54) is 12.0 Å². The van der Waals surface area contributed by atoms with Crippen molar-refractivity contribution in [3.63, 3.8) is 0 Å². The number of hydrogen-bond donors (Lipinski definition) is 1. The molecule has 1 aliphatic heterocycles. The maximum absolute atomic E-state index is 6.31. The van der Waals surface area contributed by atoms with Crippen molar-refractivity contribution in [1.29, 1.82) is 0 Å². The predicted molar refractivity (Wildman–Crippen MR) is 75.8 cm³/mol. The van der Waals surface area contributed by atoms with Gasteiger partial charge in [-0.3, -0.25) is 9.58 Å². The minimum absolute atomic E-state index is 0.121. The van der Waals surface area contributed by atoms with Gasteiger partial charge in [0, 0.05) is 38.0 Å². The minimum Gasteiger partial charge on any atom is -0.377 e. The molecule has 1 aliphatic rings. The summed E-state index contributed by atoms with van der Waals surface area (Å²) in [4.78, 5) is 2.32. The maximum atomic E-state index is 6.31. The third kappa shape index (κ3) is 3.55. The molecule has 0 bridgehead atoms. The van der Waals surface area contributed by atoms with Crippen LogP contribution in [0.25, 0.3) is 0 Å². The highest BCUT2D eigenvalue weighted by atomic mass is 16.5. The number of aryl methyl sites for hydroxylation is 1. The van der Waals surface area contributed by atoms with Gasteiger partial charge in [0.25, 0.3) is 0 Å². The SMILES string of the molecule is CCC(N)C(c1cnn(C)c1)N(C)CC1CCCO1. The van der Waals surface area contributed by atoms with E-state index in [-0.39, 0.29) is 12.1 Å². The Balaban J connectivity index is 2.07. The summed E-state index contributed by atoms with van der Waals surface area (Å²) in [5, 5.41) is 4.27. The molecule has 2 heterocycles.